The molecule has 0 amide bonds. The van der Waals surface area contributed by atoms with Crippen molar-refractivity contribution in [2.75, 3.05) is 18.0 Å². The fourth-order valence-electron chi connectivity index (χ4n) is 2.36. The Balaban J connectivity index is 1.99. The van der Waals surface area contributed by atoms with Gasteiger partial charge in [-0.25, -0.2) is 18.6 Å². The lowest BCUT2D eigenvalue weighted by Crippen LogP contribution is -2.56. The van der Waals surface area contributed by atoms with Gasteiger partial charge >= 0.3 is 5.97 Å². The normalized spacial score (nSPS) is 16.2. The molecule has 1 aromatic carbocycles. The summed E-state index contributed by atoms with van der Waals surface area (Å²) in [6.45, 7) is -0.989. The molecule has 0 radical (unpaired) electrons. The third-order valence-electron chi connectivity index (χ3n) is 3.38. The molecule has 0 atom stereocenters. The number of aromatic carboxylic acids is 1. The van der Waals surface area contributed by atoms with E-state index in [2.05, 4.69) is 4.98 Å². The van der Waals surface area contributed by atoms with E-state index in [4.69, 9.17) is 11.6 Å². The van der Waals surface area contributed by atoms with Gasteiger partial charge in [-0.05, 0) is 24.3 Å². The largest absolute Gasteiger partial charge is 0.476 e. The molecular formula is C15H11ClF2N2O2. The second-order valence-corrected chi connectivity index (χ2v) is 5.53. The molecule has 1 N–H and O–H groups in total. The Labute approximate surface area is 130 Å². The van der Waals surface area contributed by atoms with Crippen LogP contribution in [0.2, 0.25) is 5.02 Å². The lowest BCUT2D eigenvalue weighted by atomic mass is 10.1. The van der Waals surface area contributed by atoms with Crippen LogP contribution in [0.1, 0.15) is 10.5 Å². The molecule has 7 heteroatoms. The number of benzene rings is 1. The second-order valence-electron chi connectivity index (χ2n) is 5.09. The summed E-state index contributed by atoms with van der Waals surface area (Å²) in [5, 5.41) is 9.79. The number of halogens is 3. The topological polar surface area (TPSA) is 53.4 Å². The Morgan fingerprint density at radius 1 is 1.27 bits per heavy atom. The molecule has 1 aliphatic rings. The fourth-order valence-corrected chi connectivity index (χ4v) is 2.55. The molecule has 0 unspecified atom stereocenters. The van der Waals surface area contributed by atoms with E-state index in [0.717, 1.165) is 0 Å². The van der Waals surface area contributed by atoms with Gasteiger partial charge in [0.25, 0.3) is 5.92 Å². The van der Waals surface area contributed by atoms with E-state index in [1.54, 1.807) is 30.3 Å². The van der Waals surface area contributed by atoms with E-state index in [9.17, 15) is 18.7 Å². The summed E-state index contributed by atoms with van der Waals surface area (Å²) in [6, 6.07) is 9.93. The zero-order chi connectivity index (χ0) is 15.9. The maximum atomic E-state index is 13.0. The third kappa shape index (κ3) is 2.74. The number of alkyl halides is 2. The minimum absolute atomic E-state index is 0.198. The molecule has 1 fully saturated rings. The summed E-state index contributed by atoms with van der Waals surface area (Å²) < 4.78 is 25.9. The molecule has 0 aliphatic carbocycles. The van der Waals surface area contributed by atoms with Gasteiger partial charge < -0.3 is 10.0 Å². The molecule has 4 nitrogen and oxygen atoms in total. The van der Waals surface area contributed by atoms with Crippen molar-refractivity contribution < 1.29 is 18.7 Å². The predicted molar refractivity (Wildman–Crippen MR) is 78.8 cm³/mol. The van der Waals surface area contributed by atoms with Crippen molar-refractivity contribution in [3.8, 4) is 11.3 Å². The van der Waals surface area contributed by atoms with Crippen LogP contribution >= 0.6 is 11.6 Å². The number of carboxylic acids is 1. The van der Waals surface area contributed by atoms with Gasteiger partial charge in [0.05, 0.1) is 24.5 Å². The SMILES string of the molecule is O=C(O)c1nc(-c2cccc(Cl)c2)ccc1N1CC(F)(F)C1. The van der Waals surface area contributed by atoms with Crippen LogP contribution in [0.25, 0.3) is 11.3 Å². The molecule has 1 aromatic heterocycles. The van der Waals surface area contributed by atoms with E-state index in [-0.39, 0.29) is 11.4 Å². The molecule has 2 heterocycles. The lowest BCUT2D eigenvalue weighted by Gasteiger charge is -2.40. The van der Waals surface area contributed by atoms with Crippen molar-refractivity contribution in [1.29, 1.82) is 0 Å². The van der Waals surface area contributed by atoms with Gasteiger partial charge in [0, 0.05) is 10.6 Å². The molecule has 0 bridgehead atoms. The first-order valence-electron chi connectivity index (χ1n) is 6.49. The van der Waals surface area contributed by atoms with E-state index in [1.807, 2.05) is 0 Å². The Morgan fingerprint density at radius 2 is 2.00 bits per heavy atom. The van der Waals surface area contributed by atoms with Crippen LogP contribution in [0.5, 0.6) is 0 Å². The van der Waals surface area contributed by atoms with Gasteiger partial charge in [0.1, 0.15) is 0 Å². The highest BCUT2D eigenvalue weighted by Crippen LogP contribution is 2.34. The number of nitrogens with zero attached hydrogens (tertiary/aromatic N) is 2. The average molecular weight is 325 g/mol. The summed E-state index contributed by atoms with van der Waals surface area (Å²) in [5.74, 6) is -4.03. The van der Waals surface area contributed by atoms with Crippen molar-refractivity contribution in [3.05, 3.63) is 47.1 Å². The zero-order valence-corrected chi connectivity index (χ0v) is 12.0. The van der Waals surface area contributed by atoms with Gasteiger partial charge in [-0.1, -0.05) is 23.7 Å². The maximum Gasteiger partial charge on any atom is 0.356 e. The van der Waals surface area contributed by atoms with E-state index >= 15 is 0 Å². The summed E-state index contributed by atoms with van der Waals surface area (Å²) in [6.07, 6.45) is 0. The first-order chi connectivity index (χ1) is 10.4. The quantitative estimate of drug-likeness (QED) is 0.938. The molecule has 1 saturated heterocycles. The molecular weight excluding hydrogens is 314 g/mol. The number of rotatable bonds is 3. The van der Waals surface area contributed by atoms with Crippen molar-refractivity contribution in [2.24, 2.45) is 0 Å². The number of carboxylic acid groups (broad SMARTS) is 1. The highest BCUT2D eigenvalue weighted by molar-refractivity contribution is 6.30. The monoisotopic (exact) mass is 324 g/mol. The molecule has 3 rings (SSSR count). The molecule has 114 valence electrons. The van der Waals surface area contributed by atoms with Crippen molar-refractivity contribution >= 4 is 23.3 Å². The van der Waals surface area contributed by atoms with Crippen LogP contribution in [0.15, 0.2) is 36.4 Å². The van der Waals surface area contributed by atoms with Gasteiger partial charge in [-0.2, -0.15) is 0 Å². The van der Waals surface area contributed by atoms with Gasteiger partial charge in [0.15, 0.2) is 5.69 Å². The lowest BCUT2D eigenvalue weighted by molar-refractivity contribution is -0.0264. The average Bonchev–Trinajstić information content (AvgIpc) is 2.44. The van der Waals surface area contributed by atoms with E-state index in [0.29, 0.717) is 16.3 Å². The number of carbonyl (C=O) groups is 1. The Morgan fingerprint density at radius 3 is 2.59 bits per heavy atom. The number of aromatic nitrogens is 1. The second kappa shape index (κ2) is 5.21. The Kier molecular flexibility index (Phi) is 3.48. The van der Waals surface area contributed by atoms with Gasteiger partial charge in [-0.3, -0.25) is 0 Å². The first-order valence-corrected chi connectivity index (χ1v) is 6.87. The standard InChI is InChI=1S/C15H11ClF2N2O2/c16-10-3-1-2-9(6-10)11-4-5-12(13(19-11)14(21)22)20-7-15(17,18)8-20/h1-6H,7-8H2,(H,21,22). The summed E-state index contributed by atoms with van der Waals surface area (Å²) in [4.78, 5) is 16.8. The van der Waals surface area contributed by atoms with Crippen molar-refractivity contribution in [2.45, 2.75) is 5.92 Å². The maximum absolute atomic E-state index is 13.0. The summed E-state index contributed by atoms with van der Waals surface area (Å²) in [7, 11) is 0. The Bertz CT molecular complexity index is 744. The smallest absolute Gasteiger partial charge is 0.356 e. The van der Waals surface area contributed by atoms with Gasteiger partial charge in [0.2, 0.25) is 0 Å². The van der Waals surface area contributed by atoms with Gasteiger partial charge in [-0.15, -0.1) is 0 Å². The van der Waals surface area contributed by atoms with Crippen molar-refractivity contribution in [3.63, 3.8) is 0 Å². The van der Waals surface area contributed by atoms with E-state index in [1.165, 1.54) is 11.0 Å². The van der Waals surface area contributed by atoms with Crippen LogP contribution in [0.3, 0.4) is 0 Å². The van der Waals surface area contributed by atoms with Crippen LogP contribution in [0, 0.1) is 0 Å². The summed E-state index contributed by atoms with van der Waals surface area (Å²) in [5.41, 5.74) is 1.05. The number of hydrogen-bond donors (Lipinski definition) is 1. The van der Waals surface area contributed by atoms with Crippen LogP contribution in [-0.4, -0.2) is 35.1 Å². The van der Waals surface area contributed by atoms with Crippen molar-refractivity contribution in [1.82, 2.24) is 4.98 Å². The Hall–Kier alpha value is -2.21. The minimum Gasteiger partial charge on any atom is -0.476 e. The highest BCUT2D eigenvalue weighted by Gasteiger charge is 2.45. The van der Waals surface area contributed by atoms with Crippen LogP contribution in [-0.2, 0) is 0 Å². The highest BCUT2D eigenvalue weighted by atomic mass is 35.5. The first kappa shape index (κ1) is 14.7. The molecule has 1 aliphatic heterocycles. The summed E-state index contributed by atoms with van der Waals surface area (Å²) >= 11 is 5.91. The number of pyridine rings is 1. The predicted octanol–water partition coefficient (Wildman–Crippen LogP) is 3.56. The zero-order valence-electron chi connectivity index (χ0n) is 11.3. The number of hydrogen-bond acceptors (Lipinski definition) is 3. The third-order valence-corrected chi connectivity index (χ3v) is 3.62. The molecule has 0 spiro atoms. The molecule has 0 saturated carbocycles. The minimum atomic E-state index is -2.78. The number of anilines is 1. The molecule has 2 aromatic rings. The van der Waals surface area contributed by atoms with E-state index < -0.39 is 25.0 Å². The van der Waals surface area contributed by atoms with Crippen LogP contribution in [0.4, 0.5) is 14.5 Å². The van der Waals surface area contributed by atoms with Crippen LogP contribution < -0.4 is 4.90 Å². The fraction of sp³-hybridized carbons (Fsp3) is 0.200. The molecule has 22 heavy (non-hydrogen) atoms.